The minimum atomic E-state index is -0.188. The van der Waals surface area contributed by atoms with Crippen molar-refractivity contribution in [2.45, 2.75) is 32.6 Å². The lowest BCUT2D eigenvalue weighted by molar-refractivity contribution is -0.118. The number of hydrogen-bond donors (Lipinski definition) is 1. The number of nitrogens with one attached hydrogen (secondary N) is 1. The van der Waals surface area contributed by atoms with Gasteiger partial charge in [0.1, 0.15) is 11.5 Å². The van der Waals surface area contributed by atoms with E-state index < -0.39 is 0 Å². The summed E-state index contributed by atoms with van der Waals surface area (Å²) in [4.78, 5) is 12.0. The number of unbranched alkanes of at least 4 members (excludes halogenated alkanes) is 3. The van der Waals surface area contributed by atoms with Crippen molar-refractivity contribution in [3.63, 3.8) is 0 Å². The van der Waals surface area contributed by atoms with Gasteiger partial charge in [-0.15, -0.1) is 0 Å². The molecule has 134 valence electrons. The van der Waals surface area contributed by atoms with E-state index in [9.17, 15) is 4.79 Å². The molecule has 25 heavy (non-hydrogen) atoms. The number of benzene rings is 2. The van der Waals surface area contributed by atoms with Gasteiger partial charge < -0.3 is 14.8 Å². The molecule has 0 bridgehead atoms. The zero-order valence-corrected chi connectivity index (χ0v) is 16.6. The maximum atomic E-state index is 12.0. The van der Waals surface area contributed by atoms with Crippen molar-refractivity contribution >= 4 is 34.2 Å². The Morgan fingerprint density at radius 1 is 1.00 bits per heavy atom. The Balaban J connectivity index is 1.75. The quantitative estimate of drug-likeness (QED) is 0.394. The van der Waals surface area contributed by atoms with Crippen LogP contribution in [0.5, 0.6) is 11.5 Å². The molecule has 0 aromatic heterocycles. The summed E-state index contributed by atoms with van der Waals surface area (Å²) in [5.74, 6) is 1.21. The molecule has 0 radical (unpaired) electrons. The molecule has 0 saturated heterocycles. The van der Waals surface area contributed by atoms with Crippen LogP contribution < -0.4 is 14.8 Å². The minimum Gasteiger partial charge on any atom is -0.493 e. The molecule has 5 heteroatoms. The number of anilines is 1. The second-order valence-electron chi connectivity index (χ2n) is 5.73. The van der Waals surface area contributed by atoms with Gasteiger partial charge in [0.2, 0.25) is 0 Å². The van der Waals surface area contributed by atoms with Gasteiger partial charge in [-0.2, -0.15) is 0 Å². The third-order valence-electron chi connectivity index (χ3n) is 3.57. The summed E-state index contributed by atoms with van der Waals surface area (Å²) >= 11 is 2.22. The molecule has 2 rings (SSSR count). The first-order chi connectivity index (χ1) is 12.2. The number of rotatable bonds is 10. The van der Waals surface area contributed by atoms with Gasteiger partial charge in [0, 0.05) is 15.3 Å². The minimum absolute atomic E-state index is 0.0358. The molecule has 0 spiro atoms. The number of hydrogen-bond acceptors (Lipinski definition) is 3. The fourth-order valence-corrected chi connectivity index (χ4v) is 2.61. The van der Waals surface area contributed by atoms with Crippen LogP contribution in [0.3, 0.4) is 0 Å². The van der Waals surface area contributed by atoms with Crippen molar-refractivity contribution in [1.82, 2.24) is 0 Å². The number of halogens is 1. The van der Waals surface area contributed by atoms with Crippen LogP contribution in [0.1, 0.15) is 32.6 Å². The van der Waals surface area contributed by atoms with E-state index in [0.717, 1.165) is 21.4 Å². The summed E-state index contributed by atoms with van der Waals surface area (Å²) < 4.78 is 12.4. The summed E-state index contributed by atoms with van der Waals surface area (Å²) in [6.07, 6.45) is 4.69. The van der Waals surface area contributed by atoms with Crippen LogP contribution in [0.2, 0.25) is 0 Å². The largest absolute Gasteiger partial charge is 0.493 e. The Morgan fingerprint density at radius 2 is 1.72 bits per heavy atom. The van der Waals surface area contributed by atoms with E-state index in [1.165, 1.54) is 19.3 Å². The van der Waals surface area contributed by atoms with E-state index >= 15 is 0 Å². The zero-order valence-electron chi connectivity index (χ0n) is 14.5. The van der Waals surface area contributed by atoms with E-state index in [2.05, 4.69) is 34.8 Å². The molecule has 0 fully saturated rings. The lowest BCUT2D eigenvalue weighted by Gasteiger charge is -2.10. The normalized spacial score (nSPS) is 10.3. The highest BCUT2D eigenvalue weighted by molar-refractivity contribution is 14.1. The molecule has 0 atom stereocenters. The van der Waals surface area contributed by atoms with E-state index in [1.54, 1.807) is 0 Å². The molecule has 0 aliphatic rings. The number of amides is 1. The van der Waals surface area contributed by atoms with Gasteiger partial charge >= 0.3 is 0 Å². The Morgan fingerprint density at radius 3 is 2.44 bits per heavy atom. The topological polar surface area (TPSA) is 47.6 Å². The van der Waals surface area contributed by atoms with Gasteiger partial charge in [0.05, 0.1) is 6.61 Å². The summed E-state index contributed by atoms with van der Waals surface area (Å²) in [5, 5.41) is 2.81. The van der Waals surface area contributed by atoms with Crippen molar-refractivity contribution in [2.24, 2.45) is 0 Å². The van der Waals surface area contributed by atoms with Crippen molar-refractivity contribution in [2.75, 3.05) is 18.5 Å². The fourth-order valence-electron chi connectivity index (χ4n) is 2.25. The fraction of sp³-hybridized carbons (Fsp3) is 0.350. The zero-order chi connectivity index (χ0) is 17.9. The standard InChI is InChI=1S/C20H24INO3/c1-2-3-4-5-13-24-18-7-6-8-19(14-18)25-15-20(23)22-17-11-9-16(21)10-12-17/h6-12,14H,2-5,13,15H2,1H3,(H,22,23). The summed E-state index contributed by atoms with van der Waals surface area (Å²) in [7, 11) is 0. The molecule has 0 heterocycles. The van der Waals surface area contributed by atoms with E-state index in [4.69, 9.17) is 9.47 Å². The van der Waals surface area contributed by atoms with Crippen LogP contribution in [0.15, 0.2) is 48.5 Å². The van der Waals surface area contributed by atoms with Gasteiger partial charge in [-0.3, -0.25) is 4.79 Å². The number of carbonyl (C=O) groups is 1. The Bertz CT molecular complexity index is 658. The SMILES string of the molecule is CCCCCCOc1cccc(OCC(=O)Nc2ccc(I)cc2)c1. The second kappa shape index (κ2) is 11.0. The number of carbonyl (C=O) groups excluding carboxylic acids is 1. The summed E-state index contributed by atoms with van der Waals surface area (Å²) in [6, 6.07) is 15.0. The van der Waals surface area contributed by atoms with Crippen molar-refractivity contribution in [3.05, 3.63) is 52.1 Å². The summed E-state index contributed by atoms with van der Waals surface area (Å²) in [6.45, 7) is 2.86. The van der Waals surface area contributed by atoms with E-state index in [-0.39, 0.29) is 12.5 Å². The van der Waals surface area contributed by atoms with Crippen LogP contribution in [0, 0.1) is 3.57 Å². The Kier molecular flexibility index (Phi) is 8.59. The smallest absolute Gasteiger partial charge is 0.262 e. The molecular formula is C20H24INO3. The predicted octanol–water partition coefficient (Wildman–Crippen LogP) is 5.27. The molecule has 0 aliphatic carbocycles. The second-order valence-corrected chi connectivity index (χ2v) is 6.97. The van der Waals surface area contributed by atoms with Crippen LogP contribution in [-0.2, 0) is 4.79 Å². The highest BCUT2D eigenvalue weighted by Crippen LogP contribution is 2.20. The molecule has 2 aromatic rings. The molecule has 1 N–H and O–H groups in total. The highest BCUT2D eigenvalue weighted by atomic mass is 127. The third kappa shape index (κ3) is 7.77. The van der Waals surface area contributed by atoms with E-state index in [1.807, 2.05) is 48.5 Å². The van der Waals surface area contributed by atoms with Gasteiger partial charge in [-0.05, 0) is 65.4 Å². The first-order valence-electron chi connectivity index (χ1n) is 8.58. The van der Waals surface area contributed by atoms with Crippen molar-refractivity contribution < 1.29 is 14.3 Å². The Hall–Kier alpha value is -1.76. The van der Waals surface area contributed by atoms with Gasteiger partial charge in [0.25, 0.3) is 5.91 Å². The molecule has 4 nitrogen and oxygen atoms in total. The van der Waals surface area contributed by atoms with Gasteiger partial charge in [-0.1, -0.05) is 32.3 Å². The van der Waals surface area contributed by atoms with Gasteiger partial charge in [0.15, 0.2) is 6.61 Å². The van der Waals surface area contributed by atoms with Crippen molar-refractivity contribution in [1.29, 1.82) is 0 Å². The molecule has 2 aromatic carbocycles. The van der Waals surface area contributed by atoms with Crippen LogP contribution in [0.25, 0.3) is 0 Å². The average Bonchev–Trinajstić information content (AvgIpc) is 2.62. The van der Waals surface area contributed by atoms with Crippen LogP contribution in [0.4, 0.5) is 5.69 Å². The maximum absolute atomic E-state index is 12.0. The lowest BCUT2D eigenvalue weighted by atomic mass is 10.2. The first-order valence-corrected chi connectivity index (χ1v) is 9.66. The lowest BCUT2D eigenvalue weighted by Crippen LogP contribution is -2.20. The summed E-state index contributed by atoms with van der Waals surface area (Å²) in [5.41, 5.74) is 0.762. The van der Waals surface area contributed by atoms with Crippen LogP contribution in [-0.4, -0.2) is 19.1 Å². The third-order valence-corrected chi connectivity index (χ3v) is 4.29. The number of ether oxygens (including phenoxy) is 2. The Labute approximate surface area is 163 Å². The molecule has 1 amide bonds. The van der Waals surface area contributed by atoms with E-state index in [0.29, 0.717) is 12.4 Å². The molecule has 0 aliphatic heterocycles. The van der Waals surface area contributed by atoms with Crippen LogP contribution >= 0.6 is 22.6 Å². The molecular weight excluding hydrogens is 429 g/mol. The molecule has 0 saturated carbocycles. The highest BCUT2D eigenvalue weighted by Gasteiger charge is 2.05. The van der Waals surface area contributed by atoms with Gasteiger partial charge in [-0.25, -0.2) is 0 Å². The average molecular weight is 453 g/mol. The first kappa shape index (κ1) is 19.6. The monoisotopic (exact) mass is 453 g/mol. The predicted molar refractivity (Wildman–Crippen MR) is 109 cm³/mol. The molecule has 0 unspecified atom stereocenters. The van der Waals surface area contributed by atoms with Crippen molar-refractivity contribution in [3.8, 4) is 11.5 Å². The maximum Gasteiger partial charge on any atom is 0.262 e.